The molecule has 2 bridgehead atoms. The summed E-state index contributed by atoms with van der Waals surface area (Å²) in [5.41, 5.74) is -0.214. The van der Waals surface area contributed by atoms with Crippen molar-refractivity contribution < 1.29 is 24.1 Å². The zero-order chi connectivity index (χ0) is 15.5. The Kier molecular flexibility index (Phi) is 3.38. The van der Waals surface area contributed by atoms with E-state index in [2.05, 4.69) is 0 Å². The zero-order valence-corrected chi connectivity index (χ0v) is 13.8. The van der Waals surface area contributed by atoms with Gasteiger partial charge in [0.1, 0.15) is 6.10 Å². The van der Waals surface area contributed by atoms with Gasteiger partial charge in [0, 0.05) is 32.3 Å². The second-order valence-electron chi connectivity index (χ2n) is 8.20. The molecule has 0 aromatic carbocycles. The van der Waals surface area contributed by atoms with Gasteiger partial charge in [0.05, 0.1) is 17.8 Å². The summed E-state index contributed by atoms with van der Waals surface area (Å²) in [7, 11) is 0. The SMILES string of the molecule is OCCC1CC[C@@H]2O[C@@]34CC[C@]2(C[C@H]3OC2(CCCCC2)O4)O1. The van der Waals surface area contributed by atoms with E-state index in [9.17, 15) is 5.11 Å². The molecular weight excluding hydrogens is 296 g/mol. The van der Waals surface area contributed by atoms with E-state index in [1.54, 1.807) is 0 Å². The number of rotatable bonds is 2. The standard InChI is InChI=1S/C18H28O5/c19-11-6-13-4-5-14-16(20-13)9-10-18(22-14)15(12-16)21-17(23-18)7-2-1-3-8-17/h13-15,19H,1-12H2/t13?,14-,15+,16+,18+/m0/s1. The molecule has 2 saturated carbocycles. The van der Waals surface area contributed by atoms with Gasteiger partial charge in [0.25, 0.3) is 0 Å². The number of fused-ring (bicyclic) bond motifs is 1. The number of aliphatic hydroxyl groups excluding tert-OH is 1. The summed E-state index contributed by atoms with van der Waals surface area (Å²) in [4.78, 5) is 0. The molecule has 6 fully saturated rings. The Bertz CT molecular complexity index is 476. The lowest BCUT2D eigenvalue weighted by atomic mass is 9.70. The van der Waals surface area contributed by atoms with Crippen LogP contribution in [-0.2, 0) is 18.9 Å². The van der Waals surface area contributed by atoms with E-state index in [1.165, 1.54) is 19.3 Å². The number of hydrogen-bond donors (Lipinski definition) is 1. The second kappa shape index (κ2) is 5.15. The first-order valence-electron chi connectivity index (χ1n) is 9.52. The molecule has 4 saturated heterocycles. The Hall–Kier alpha value is -0.200. The summed E-state index contributed by atoms with van der Waals surface area (Å²) < 4.78 is 26.0. The van der Waals surface area contributed by atoms with Crippen molar-refractivity contribution in [3.63, 3.8) is 0 Å². The molecule has 130 valence electrons. The maximum absolute atomic E-state index is 9.24. The molecule has 1 unspecified atom stereocenters. The molecular formula is C18H28O5. The molecule has 4 aliphatic heterocycles. The van der Waals surface area contributed by atoms with Gasteiger partial charge in [-0.3, -0.25) is 0 Å². The molecule has 5 heteroatoms. The van der Waals surface area contributed by atoms with Gasteiger partial charge >= 0.3 is 0 Å². The van der Waals surface area contributed by atoms with E-state index in [-0.39, 0.29) is 30.5 Å². The van der Waals surface area contributed by atoms with Gasteiger partial charge in [-0.25, -0.2) is 0 Å². The zero-order valence-electron chi connectivity index (χ0n) is 13.8. The van der Waals surface area contributed by atoms with Crippen LogP contribution in [0.1, 0.15) is 70.6 Å². The molecule has 4 heterocycles. The molecule has 0 aromatic heterocycles. The van der Waals surface area contributed by atoms with Crippen molar-refractivity contribution in [2.75, 3.05) is 6.61 Å². The van der Waals surface area contributed by atoms with E-state index in [1.807, 2.05) is 0 Å². The summed E-state index contributed by atoms with van der Waals surface area (Å²) in [5, 5.41) is 9.24. The van der Waals surface area contributed by atoms with Crippen molar-refractivity contribution in [3.8, 4) is 0 Å². The number of aliphatic hydroxyl groups is 1. The lowest BCUT2D eigenvalue weighted by Gasteiger charge is -2.59. The van der Waals surface area contributed by atoms with Crippen LogP contribution in [0.25, 0.3) is 0 Å². The smallest absolute Gasteiger partial charge is 0.198 e. The average Bonchev–Trinajstić information content (AvgIpc) is 2.85. The van der Waals surface area contributed by atoms with Gasteiger partial charge < -0.3 is 24.1 Å². The quantitative estimate of drug-likeness (QED) is 0.846. The molecule has 23 heavy (non-hydrogen) atoms. The predicted octanol–water partition coefficient (Wildman–Crippen LogP) is 2.64. The third-order valence-electron chi connectivity index (χ3n) is 6.78. The Morgan fingerprint density at radius 3 is 2.57 bits per heavy atom. The number of hydrogen-bond acceptors (Lipinski definition) is 5. The highest BCUT2D eigenvalue weighted by Crippen LogP contribution is 2.60. The van der Waals surface area contributed by atoms with Gasteiger partial charge in [-0.05, 0) is 38.5 Å². The lowest BCUT2D eigenvalue weighted by Crippen LogP contribution is -2.69. The van der Waals surface area contributed by atoms with Gasteiger partial charge in [0.15, 0.2) is 11.6 Å². The van der Waals surface area contributed by atoms with Crippen LogP contribution in [0.2, 0.25) is 0 Å². The molecule has 0 aromatic rings. The molecule has 5 nitrogen and oxygen atoms in total. The Labute approximate surface area is 137 Å². The monoisotopic (exact) mass is 324 g/mol. The number of ether oxygens (including phenoxy) is 4. The van der Waals surface area contributed by atoms with E-state index < -0.39 is 11.6 Å². The summed E-state index contributed by atoms with van der Waals surface area (Å²) in [6.45, 7) is 0.197. The fourth-order valence-electron chi connectivity index (χ4n) is 5.65. The van der Waals surface area contributed by atoms with Gasteiger partial charge in [-0.15, -0.1) is 0 Å². The van der Waals surface area contributed by atoms with E-state index in [0.29, 0.717) is 0 Å². The molecule has 6 rings (SSSR count). The summed E-state index contributed by atoms with van der Waals surface area (Å²) in [6, 6.07) is 0. The molecule has 5 atom stereocenters. The predicted molar refractivity (Wildman–Crippen MR) is 81.8 cm³/mol. The minimum absolute atomic E-state index is 0.0125. The van der Waals surface area contributed by atoms with Crippen molar-refractivity contribution in [1.82, 2.24) is 0 Å². The van der Waals surface area contributed by atoms with Crippen molar-refractivity contribution in [2.24, 2.45) is 0 Å². The molecule has 1 N–H and O–H groups in total. The first-order valence-corrected chi connectivity index (χ1v) is 9.52. The van der Waals surface area contributed by atoms with Crippen LogP contribution < -0.4 is 0 Å². The van der Waals surface area contributed by atoms with Crippen molar-refractivity contribution in [2.45, 2.75) is 106 Å². The summed E-state index contributed by atoms with van der Waals surface area (Å²) in [6.07, 6.45) is 11.4. The van der Waals surface area contributed by atoms with Crippen molar-refractivity contribution >= 4 is 0 Å². The second-order valence-corrected chi connectivity index (χ2v) is 8.20. The topological polar surface area (TPSA) is 57.2 Å². The highest BCUT2D eigenvalue weighted by molar-refractivity contribution is 5.12. The highest BCUT2D eigenvalue weighted by atomic mass is 16.8. The van der Waals surface area contributed by atoms with Crippen LogP contribution >= 0.6 is 0 Å². The Morgan fingerprint density at radius 2 is 1.74 bits per heavy atom. The van der Waals surface area contributed by atoms with Crippen molar-refractivity contribution in [3.05, 3.63) is 0 Å². The maximum atomic E-state index is 9.24. The van der Waals surface area contributed by atoms with Gasteiger partial charge in [-0.2, -0.15) is 0 Å². The largest absolute Gasteiger partial charge is 0.396 e. The first kappa shape index (κ1) is 15.1. The van der Waals surface area contributed by atoms with Crippen LogP contribution in [0, 0.1) is 0 Å². The molecule has 2 aliphatic carbocycles. The summed E-state index contributed by atoms with van der Waals surface area (Å²) >= 11 is 0. The molecule has 3 spiro atoms. The third-order valence-corrected chi connectivity index (χ3v) is 6.78. The van der Waals surface area contributed by atoms with Crippen LogP contribution in [0.15, 0.2) is 0 Å². The highest BCUT2D eigenvalue weighted by Gasteiger charge is 2.70. The van der Waals surface area contributed by atoms with Gasteiger partial charge in [-0.1, -0.05) is 6.42 Å². The molecule has 6 aliphatic rings. The summed E-state index contributed by atoms with van der Waals surface area (Å²) in [5.74, 6) is -0.913. The third kappa shape index (κ3) is 2.17. The van der Waals surface area contributed by atoms with Crippen LogP contribution in [0.4, 0.5) is 0 Å². The molecule has 0 amide bonds. The average molecular weight is 324 g/mol. The molecule has 0 radical (unpaired) electrons. The minimum atomic E-state index is -0.517. The Morgan fingerprint density at radius 1 is 0.870 bits per heavy atom. The van der Waals surface area contributed by atoms with E-state index in [4.69, 9.17) is 18.9 Å². The van der Waals surface area contributed by atoms with Gasteiger partial charge in [0.2, 0.25) is 0 Å². The maximum Gasteiger partial charge on any atom is 0.198 e. The normalized spacial score (nSPS) is 50.7. The van der Waals surface area contributed by atoms with Crippen LogP contribution in [-0.4, -0.2) is 47.2 Å². The fraction of sp³-hybridized carbons (Fsp3) is 1.00. The minimum Gasteiger partial charge on any atom is -0.396 e. The van der Waals surface area contributed by atoms with Crippen LogP contribution in [0.3, 0.4) is 0 Å². The lowest BCUT2D eigenvalue weighted by molar-refractivity contribution is -0.380. The Balaban J connectivity index is 1.40. The van der Waals surface area contributed by atoms with Crippen molar-refractivity contribution in [1.29, 1.82) is 0 Å². The van der Waals surface area contributed by atoms with Crippen LogP contribution in [0.5, 0.6) is 0 Å². The van der Waals surface area contributed by atoms with E-state index in [0.717, 1.165) is 51.4 Å². The van der Waals surface area contributed by atoms with E-state index >= 15 is 0 Å². The fourth-order valence-corrected chi connectivity index (χ4v) is 5.65. The first-order chi connectivity index (χ1) is 11.2.